The number of ketones is 1. The zero-order valence-corrected chi connectivity index (χ0v) is 20.8. The van der Waals surface area contributed by atoms with Crippen LogP contribution in [0.25, 0.3) is 16.5 Å². The largest absolute Gasteiger partial charge is 0.871 e. The van der Waals surface area contributed by atoms with Crippen molar-refractivity contribution in [1.29, 1.82) is 0 Å². The zero-order chi connectivity index (χ0) is 24.3. The maximum atomic E-state index is 13.4. The highest BCUT2D eigenvalue weighted by Gasteiger charge is 2.46. The van der Waals surface area contributed by atoms with Gasteiger partial charge in [-0.25, -0.2) is 0 Å². The predicted octanol–water partition coefficient (Wildman–Crippen LogP) is 5.42. The molecule has 2 aromatic carbocycles. The van der Waals surface area contributed by atoms with Crippen LogP contribution in [0.15, 0.2) is 72.1 Å². The number of carbonyl (C=O) groups is 1. The Morgan fingerprint density at radius 2 is 1.77 bits per heavy atom. The Morgan fingerprint density at radius 3 is 2.54 bits per heavy atom. The van der Waals surface area contributed by atoms with Crippen LogP contribution in [0.4, 0.5) is 5.69 Å². The van der Waals surface area contributed by atoms with Crippen molar-refractivity contribution in [3.63, 3.8) is 0 Å². The molecule has 0 unspecified atom stereocenters. The molecule has 0 radical (unpaired) electrons. The second-order valence-corrected chi connectivity index (χ2v) is 10.9. The van der Waals surface area contributed by atoms with Gasteiger partial charge in [0.05, 0.1) is 5.41 Å². The molecule has 0 spiro atoms. The van der Waals surface area contributed by atoms with Gasteiger partial charge in [0.15, 0.2) is 18.0 Å². The fourth-order valence-electron chi connectivity index (χ4n) is 6.39. The minimum absolute atomic E-state index is 0.136. The van der Waals surface area contributed by atoms with Crippen molar-refractivity contribution in [3.8, 4) is 0 Å². The third-order valence-electron chi connectivity index (χ3n) is 8.36. The highest BCUT2D eigenvalue weighted by atomic mass is 16.3. The number of fused-ring (bicyclic) bond motifs is 2. The molecule has 6 rings (SSSR count). The lowest BCUT2D eigenvalue weighted by atomic mass is 9.77. The van der Waals surface area contributed by atoms with Crippen LogP contribution >= 0.6 is 0 Å². The Hall–Kier alpha value is -3.40. The van der Waals surface area contributed by atoms with Crippen molar-refractivity contribution >= 4 is 33.7 Å². The number of Topliss-reactive ketones (excluding diaryl/α,β-unsaturated/α-hetero) is 1. The van der Waals surface area contributed by atoms with Crippen molar-refractivity contribution in [2.24, 2.45) is 13.0 Å². The van der Waals surface area contributed by atoms with E-state index < -0.39 is 0 Å². The molecule has 3 aliphatic rings. The molecule has 0 N–H and O–H groups in total. The molecule has 2 aliphatic carbocycles. The molecule has 0 bridgehead atoms. The summed E-state index contributed by atoms with van der Waals surface area (Å²) in [6, 6.07) is 16.5. The van der Waals surface area contributed by atoms with E-state index in [0.29, 0.717) is 17.1 Å². The molecule has 0 amide bonds. The fourth-order valence-corrected chi connectivity index (χ4v) is 6.39. The number of allylic oxidation sites excluding steroid dienone is 3. The Kier molecular flexibility index (Phi) is 5.10. The second kappa shape index (κ2) is 8.08. The number of para-hydroxylation sites is 2. The van der Waals surface area contributed by atoms with Crippen LogP contribution in [0.3, 0.4) is 0 Å². The van der Waals surface area contributed by atoms with E-state index >= 15 is 0 Å². The van der Waals surface area contributed by atoms with Crippen molar-refractivity contribution in [2.75, 3.05) is 6.54 Å². The van der Waals surface area contributed by atoms with Gasteiger partial charge < -0.3 is 9.67 Å². The number of hydrogen-bond donors (Lipinski definition) is 0. The van der Waals surface area contributed by atoms with Crippen LogP contribution in [-0.4, -0.2) is 27.2 Å². The molecule has 3 aromatic rings. The standard InChI is InChI=1S/C31H32N2O2/c1-31(2)24-14-8-10-16-26(24)33(18-20-11-5-4-6-12-20)27(31)17-22-29(34)28(30(22)35)23-19-32(3)25-15-9-7-13-21(23)25/h7-10,13-17,19-20H,4-6,11-12,18H2,1-3H3. The Labute approximate surface area is 206 Å². The average Bonchev–Trinajstić information content (AvgIpc) is 3.30. The minimum atomic E-state index is -0.270. The quantitative estimate of drug-likeness (QED) is 0.383. The first-order valence-corrected chi connectivity index (χ1v) is 12.8. The first-order valence-electron chi connectivity index (χ1n) is 12.8. The number of aryl methyl sites for hydroxylation is 1. The molecule has 35 heavy (non-hydrogen) atoms. The SMILES string of the molecule is Cn1cc(C2=C([O-])/C(=C\C3=[N+](CC4CCCCC4)c4ccccc4C3(C)C)C2=O)c2ccccc21. The van der Waals surface area contributed by atoms with Crippen molar-refractivity contribution in [1.82, 2.24) is 4.57 Å². The first-order chi connectivity index (χ1) is 16.9. The van der Waals surface area contributed by atoms with Gasteiger partial charge >= 0.3 is 0 Å². The van der Waals surface area contributed by atoms with Gasteiger partial charge in [0.1, 0.15) is 0 Å². The highest BCUT2D eigenvalue weighted by Crippen LogP contribution is 2.44. The van der Waals surface area contributed by atoms with E-state index in [1.165, 1.54) is 43.4 Å². The summed E-state index contributed by atoms with van der Waals surface area (Å²) < 4.78 is 4.38. The molecule has 4 heteroatoms. The summed E-state index contributed by atoms with van der Waals surface area (Å²) in [5, 5.41) is 14.4. The summed E-state index contributed by atoms with van der Waals surface area (Å²) in [7, 11) is 1.95. The van der Waals surface area contributed by atoms with Gasteiger partial charge in [0, 0.05) is 64.5 Å². The van der Waals surface area contributed by atoms with Crippen LogP contribution in [0, 0.1) is 5.92 Å². The molecule has 2 heterocycles. The number of hydrogen-bond acceptors (Lipinski definition) is 2. The van der Waals surface area contributed by atoms with E-state index in [9.17, 15) is 9.90 Å². The molecular formula is C31H32N2O2. The first kappa shape index (κ1) is 22.1. The summed E-state index contributed by atoms with van der Waals surface area (Å²) in [6.07, 6.45) is 10.2. The van der Waals surface area contributed by atoms with Gasteiger partial charge in [-0.15, -0.1) is 0 Å². The van der Waals surface area contributed by atoms with Crippen LogP contribution in [-0.2, 0) is 17.3 Å². The van der Waals surface area contributed by atoms with Crippen LogP contribution < -0.4 is 5.11 Å². The number of carbonyl (C=O) groups excluding carboxylic acids is 1. The molecule has 0 atom stereocenters. The Balaban J connectivity index is 1.46. The third kappa shape index (κ3) is 3.34. The average molecular weight is 465 g/mol. The van der Waals surface area contributed by atoms with Gasteiger partial charge in [-0.3, -0.25) is 4.79 Å². The molecular weight excluding hydrogens is 432 g/mol. The van der Waals surface area contributed by atoms with E-state index in [1.54, 1.807) is 0 Å². The summed E-state index contributed by atoms with van der Waals surface area (Å²) in [6.45, 7) is 5.37. The lowest BCUT2D eigenvalue weighted by Crippen LogP contribution is -2.34. The highest BCUT2D eigenvalue weighted by molar-refractivity contribution is 6.41. The maximum Gasteiger partial charge on any atom is 0.209 e. The van der Waals surface area contributed by atoms with Crippen molar-refractivity contribution in [2.45, 2.75) is 51.4 Å². The Morgan fingerprint density at radius 1 is 1.06 bits per heavy atom. The van der Waals surface area contributed by atoms with Crippen molar-refractivity contribution < 1.29 is 14.5 Å². The van der Waals surface area contributed by atoms with Gasteiger partial charge in [0.2, 0.25) is 5.69 Å². The van der Waals surface area contributed by atoms with Gasteiger partial charge in [-0.2, -0.15) is 4.58 Å². The van der Waals surface area contributed by atoms with E-state index in [-0.39, 0.29) is 17.0 Å². The smallest absolute Gasteiger partial charge is 0.209 e. The molecule has 1 saturated carbocycles. The number of aromatic nitrogens is 1. The van der Waals surface area contributed by atoms with Gasteiger partial charge in [0.25, 0.3) is 0 Å². The monoisotopic (exact) mass is 464 g/mol. The summed E-state index contributed by atoms with van der Waals surface area (Å²) in [5.41, 5.74) is 5.68. The van der Waals surface area contributed by atoms with E-state index in [1.807, 2.05) is 48.2 Å². The fraction of sp³-hybridized carbons (Fsp3) is 0.355. The van der Waals surface area contributed by atoms with Crippen molar-refractivity contribution in [3.05, 3.63) is 83.3 Å². The topological polar surface area (TPSA) is 48.1 Å². The lowest BCUT2D eigenvalue weighted by Gasteiger charge is -2.30. The zero-order valence-electron chi connectivity index (χ0n) is 20.8. The molecule has 178 valence electrons. The number of nitrogens with zero attached hydrogens (tertiary/aromatic N) is 2. The van der Waals surface area contributed by atoms with E-state index in [2.05, 4.69) is 42.7 Å². The summed E-state index contributed by atoms with van der Waals surface area (Å²) in [5.74, 6) is 0.371. The molecule has 1 aromatic heterocycles. The number of rotatable bonds is 4. The predicted molar refractivity (Wildman–Crippen MR) is 139 cm³/mol. The lowest BCUT2D eigenvalue weighted by molar-refractivity contribution is -0.447. The number of benzene rings is 2. The second-order valence-electron chi connectivity index (χ2n) is 10.9. The van der Waals surface area contributed by atoms with E-state index in [0.717, 1.165) is 28.7 Å². The minimum Gasteiger partial charge on any atom is -0.871 e. The molecule has 1 fully saturated rings. The molecule has 4 nitrogen and oxygen atoms in total. The third-order valence-corrected chi connectivity index (χ3v) is 8.36. The van der Waals surface area contributed by atoms with Crippen LogP contribution in [0.1, 0.15) is 57.1 Å². The molecule has 1 aliphatic heterocycles. The Bertz CT molecular complexity index is 1460. The van der Waals surface area contributed by atoms with Gasteiger partial charge in [-0.1, -0.05) is 61.4 Å². The summed E-state index contributed by atoms with van der Waals surface area (Å²) >= 11 is 0. The molecule has 0 saturated heterocycles. The maximum absolute atomic E-state index is 13.4. The van der Waals surface area contributed by atoms with Crippen LogP contribution in [0.5, 0.6) is 0 Å². The van der Waals surface area contributed by atoms with Gasteiger partial charge in [-0.05, 0) is 32.8 Å². The summed E-state index contributed by atoms with van der Waals surface area (Å²) in [4.78, 5) is 13.4. The van der Waals surface area contributed by atoms with Crippen LogP contribution in [0.2, 0.25) is 0 Å². The normalized spacial score (nSPS) is 21.2. The van der Waals surface area contributed by atoms with E-state index in [4.69, 9.17) is 0 Å².